The number of hydrogen-bond acceptors (Lipinski definition) is 1. The number of aliphatic carboxylic acids is 1. The molecule has 2 saturated carbocycles. The molecule has 0 aromatic carbocycles. The lowest BCUT2D eigenvalue weighted by Gasteiger charge is -2.59. The van der Waals surface area contributed by atoms with Gasteiger partial charge in [-0.2, -0.15) is 0 Å². The van der Waals surface area contributed by atoms with Crippen LogP contribution in [0.25, 0.3) is 0 Å². The molecule has 3 aliphatic carbocycles. The molecule has 5 atom stereocenters. The van der Waals surface area contributed by atoms with Gasteiger partial charge in [0.15, 0.2) is 0 Å². The van der Waals surface area contributed by atoms with Gasteiger partial charge in [0.25, 0.3) is 0 Å². The van der Waals surface area contributed by atoms with Crippen LogP contribution in [0.2, 0.25) is 0 Å². The summed E-state index contributed by atoms with van der Waals surface area (Å²) < 4.78 is 0. The van der Waals surface area contributed by atoms with E-state index in [-0.39, 0.29) is 0 Å². The van der Waals surface area contributed by atoms with Crippen molar-refractivity contribution in [1.82, 2.24) is 0 Å². The minimum Gasteiger partial charge on any atom is -0.478 e. The molecule has 0 heterocycles. The standard InChI is InChI=1S/C25H40O2/c1-5-23(2)17-13-20-19(18-23)11-12-21-24(3,15-9-16-25(20,21)4)14-8-6-7-10-22(26)27/h7,10,13,19,21H,5-6,8-9,11-12,14-18H2,1-4H3,(H,26,27)/b10-7+/t19-,21+,23-,24+,25-/m0/s1. The van der Waals surface area contributed by atoms with Gasteiger partial charge in [-0.15, -0.1) is 0 Å². The summed E-state index contributed by atoms with van der Waals surface area (Å²) in [7, 11) is 0. The first-order valence-electron chi connectivity index (χ1n) is 11.3. The molecule has 0 aliphatic heterocycles. The summed E-state index contributed by atoms with van der Waals surface area (Å²) in [6.45, 7) is 9.98. The maximum atomic E-state index is 10.7. The highest BCUT2D eigenvalue weighted by Crippen LogP contribution is 2.64. The number of carbonyl (C=O) groups is 1. The summed E-state index contributed by atoms with van der Waals surface area (Å²) in [5.41, 5.74) is 3.16. The van der Waals surface area contributed by atoms with Crippen LogP contribution in [-0.4, -0.2) is 11.1 Å². The van der Waals surface area contributed by atoms with Crippen LogP contribution in [0.15, 0.2) is 23.8 Å². The Morgan fingerprint density at radius 1 is 1.26 bits per heavy atom. The Hall–Kier alpha value is -1.05. The second-order valence-electron chi connectivity index (χ2n) is 10.6. The maximum absolute atomic E-state index is 10.7. The first-order valence-corrected chi connectivity index (χ1v) is 11.3. The van der Waals surface area contributed by atoms with E-state index in [1.807, 2.05) is 11.6 Å². The van der Waals surface area contributed by atoms with Crippen LogP contribution in [0.4, 0.5) is 0 Å². The Labute approximate surface area is 166 Å². The molecule has 3 rings (SSSR count). The van der Waals surface area contributed by atoms with Crippen LogP contribution in [0.5, 0.6) is 0 Å². The first kappa shape index (κ1) is 20.7. The molecule has 0 spiro atoms. The molecular formula is C25H40O2. The normalized spacial score (nSPS) is 41.7. The predicted molar refractivity (Wildman–Crippen MR) is 113 cm³/mol. The summed E-state index contributed by atoms with van der Waals surface area (Å²) in [5.74, 6) is 0.801. The van der Waals surface area contributed by atoms with Crippen LogP contribution in [0.1, 0.15) is 98.3 Å². The van der Waals surface area contributed by atoms with Crippen molar-refractivity contribution >= 4 is 5.97 Å². The van der Waals surface area contributed by atoms with E-state index < -0.39 is 5.97 Å². The lowest BCUT2D eigenvalue weighted by molar-refractivity contribution is -0.131. The number of carboxylic acid groups (broad SMARTS) is 1. The fraction of sp³-hybridized carbons (Fsp3) is 0.800. The van der Waals surface area contributed by atoms with E-state index in [0.29, 0.717) is 16.2 Å². The van der Waals surface area contributed by atoms with Gasteiger partial charge in [0.2, 0.25) is 0 Å². The molecule has 3 aliphatic rings. The third-order valence-electron chi connectivity index (χ3n) is 8.74. The largest absolute Gasteiger partial charge is 0.478 e. The Bertz CT molecular complexity index is 618. The zero-order valence-electron chi connectivity index (χ0n) is 18.0. The SMILES string of the molecule is CC[C@@]1(C)CC=C2[C@@H](CC[C@@H]3[C@](C)(CCC/C=C/C(=O)O)CCC[C@@]23C)C1. The Kier molecular flexibility index (Phi) is 5.94. The highest BCUT2D eigenvalue weighted by molar-refractivity contribution is 5.79. The van der Waals surface area contributed by atoms with Gasteiger partial charge < -0.3 is 5.11 Å². The molecule has 0 unspecified atom stereocenters. The van der Waals surface area contributed by atoms with Gasteiger partial charge in [-0.3, -0.25) is 0 Å². The maximum Gasteiger partial charge on any atom is 0.327 e. The number of unbranched alkanes of at least 4 members (excludes halogenated alkanes) is 1. The molecule has 0 aromatic rings. The second kappa shape index (κ2) is 7.76. The number of allylic oxidation sites excluding steroid dienone is 3. The van der Waals surface area contributed by atoms with Crippen molar-refractivity contribution in [1.29, 1.82) is 0 Å². The van der Waals surface area contributed by atoms with Crippen molar-refractivity contribution in [2.75, 3.05) is 0 Å². The smallest absolute Gasteiger partial charge is 0.327 e. The molecular weight excluding hydrogens is 332 g/mol. The van der Waals surface area contributed by atoms with E-state index >= 15 is 0 Å². The lowest BCUT2D eigenvalue weighted by Crippen LogP contribution is -2.50. The van der Waals surface area contributed by atoms with Crippen LogP contribution >= 0.6 is 0 Å². The fourth-order valence-electron chi connectivity index (χ4n) is 7.02. The monoisotopic (exact) mass is 372 g/mol. The van der Waals surface area contributed by atoms with Crippen molar-refractivity contribution in [2.24, 2.45) is 28.1 Å². The highest BCUT2D eigenvalue weighted by Gasteiger charge is 2.54. The second-order valence-corrected chi connectivity index (χ2v) is 10.6. The highest BCUT2D eigenvalue weighted by atomic mass is 16.4. The molecule has 2 fully saturated rings. The molecule has 0 amide bonds. The molecule has 0 saturated heterocycles. The minimum absolute atomic E-state index is 0.405. The van der Waals surface area contributed by atoms with E-state index in [1.54, 1.807) is 0 Å². The Morgan fingerprint density at radius 2 is 2.04 bits per heavy atom. The molecule has 1 N–H and O–H groups in total. The van der Waals surface area contributed by atoms with Crippen molar-refractivity contribution in [2.45, 2.75) is 98.3 Å². The summed E-state index contributed by atoms with van der Waals surface area (Å²) in [5, 5.41) is 8.77. The van der Waals surface area contributed by atoms with Crippen LogP contribution in [0.3, 0.4) is 0 Å². The average Bonchev–Trinajstić information content (AvgIpc) is 2.60. The first-order chi connectivity index (χ1) is 12.7. The van der Waals surface area contributed by atoms with Gasteiger partial charge in [0.1, 0.15) is 0 Å². The van der Waals surface area contributed by atoms with Gasteiger partial charge in [-0.25, -0.2) is 4.79 Å². The zero-order valence-corrected chi connectivity index (χ0v) is 18.0. The molecule has 0 radical (unpaired) electrons. The van der Waals surface area contributed by atoms with Crippen molar-refractivity contribution in [3.8, 4) is 0 Å². The molecule has 152 valence electrons. The summed E-state index contributed by atoms with van der Waals surface area (Å²) in [4.78, 5) is 10.7. The van der Waals surface area contributed by atoms with Gasteiger partial charge >= 0.3 is 5.97 Å². The van der Waals surface area contributed by atoms with Crippen molar-refractivity contribution < 1.29 is 9.90 Å². The van der Waals surface area contributed by atoms with E-state index in [0.717, 1.165) is 24.7 Å². The molecule has 2 heteroatoms. The van der Waals surface area contributed by atoms with Gasteiger partial charge in [0, 0.05) is 6.08 Å². The minimum atomic E-state index is -0.826. The fourth-order valence-corrected chi connectivity index (χ4v) is 7.02. The van der Waals surface area contributed by atoms with E-state index in [2.05, 4.69) is 33.8 Å². The molecule has 2 nitrogen and oxygen atoms in total. The van der Waals surface area contributed by atoms with Crippen LogP contribution in [-0.2, 0) is 4.79 Å². The summed E-state index contributed by atoms with van der Waals surface area (Å²) >= 11 is 0. The molecule has 0 bridgehead atoms. The van der Waals surface area contributed by atoms with Crippen molar-refractivity contribution in [3.05, 3.63) is 23.8 Å². The molecule has 0 aromatic heterocycles. The third-order valence-corrected chi connectivity index (χ3v) is 8.74. The third kappa shape index (κ3) is 4.05. The van der Waals surface area contributed by atoms with Gasteiger partial charge in [-0.1, -0.05) is 58.3 Å². The van der Waals surface area contributed by atoms with E-state index in [1.165, 1.54) is 63.9 Å². The Balaban J connectivity index is 1.74. The van der Waals surface area contributed by atoms with Crippen molar-refractivity contribution in [3.63, 3.8) is 0 Å². The predicted octanol–water partition coefficient (Wildman–Crippen LogP) is 7.16. The number of fused-ring (bicyclic) bond motifs is 3. The zero-order chi connectivity index (χ0) is 19.7. The van der Waals surface area contributed by atoms with E-state index in [9.17, 15) is 4.79 Å². The van der Waals surface area contributed by atoms with Gasteiger partial charge in [0.05, 0.1) is 0 Å². The number of hydrogen-bond donors (Lipinski definition) is 1. The summed E-state index contributed by atoms with van der Waals surface area (Å²) in [6.07, 6.45) is 19.9. The van der Waals surface area contributed by atoms with Crippen LogP contribution < -0.4 is 0 Å². The number of rotatable bonds is 6. The lowest BCUT2D eigenvalue weighted by atomic mass is 9.45. The quantitative estimate of drug-likeness (QED) is 0.305. The molecule has 27 heavy (non-hydrogen) atoms. The Morgan fingerprint density at radius 3 is 2.74 bits per heavy atom. The van der Waals surface area contributed by atoms with Gasteiger partial charge in [-0.05, 0) is 85.9 Å². The van der Waals surface area contributed by atoms with E-state index in [4.69, 9.17) is 5.11 Å². The summed E-state index contributed by atoms with van der Waals surface area (Å²) in [6, 6.07) is 0. The number of carboxylic acids is 1. The van der Waals surface area contributed by atoms with Crippen LogP contribution in [0, 0.1) is 28.1 Å². The topological polar surface area (TPSA) is 37.3 Å². The average molecular weight is 373 g/mol.